The number of aromatic carboxylic acids is 2. The summed E-state index contributed by atoms with van der Waals surface area (Å²) in [4.78, 5) is 47.4. The van der Waals surface area contributed by atoms with Gasteiger partial charge >= 0.3 is 36.2 Å². The van der Waals surface area contributed by atoms with Crippen molar-refractivity contribution in [1.29, 1.82) is 0 Å². The summed E-state index contributed by atoms with van der Waals surface area (Å²) < 4.78 is 87.4. The lowest BCUT2D eigenvalue weighted by Crippen LogP contribution is -2.15. The molecule has 8 nitrogen and oxygen atoms in total. The van der Waals surface area contributed by atoms with E-state index in [9.17, 15) is 45.5 Å². The van der Waals surface area contributed by atoms with Gasteiger partial charge in [-0.05, 0) is 60.7 Å². The number of rotatable bonds is 6. The molecule has 0 aliphatic rings. The van der Waals surface area contributed by atoms with Crippen molar-refractivity contribution in [3.05, 3.63) is 94.0 Å². The monoisotopic (exact) mass is 542 g/mol. The first-order valence-electron chi connectivity index (χ1n) is 10.0. The van der Waals surface area contributed by atoms with Gasteiger partial charge in [-0.15, -0.1) is 0 Å². The smallest absolute Gasteiger partial charge is 0.416 e. The molecule has 0 bridgehead atoms. The molecule has 0 spiro atoms. The van der Waals surface area contributed by atoms with Crippen LogP contribution >= 0.6 is 0 Å². The highest BCUT2D eigenvalue weighted by Gasteiger charge is 2.33. The van der Waals surface area contributed by atoms with Crippen molar-refractivity contribution in [3.8, 4) is 11.5 Å². The number of carboxylic acid groups (broad SMARTS) is 2. The van der Waals surface area contributed by atoms with E-state index in [0.29, 0.717) is 36.4 Å². The Balaban J connectivity index is 1.83. The highest BCUT2D eigenvalue weighted by atomic mass is 19.4. The van der Waals surface area contributed by atoms with Crippen LogP contribution in [0.4, 0.5) is 26.3 Å². The fourth-order valence-electron chi connectivity index (χ4n) is 2.98. The zero-order valence-corrected chi connectivity index (χ0v) is 18.4. The Morgan fingerprint density at radius 3 is 1.13 bits per heavy atom. The Hall–Kier alpha value is -4.88. The maximum Gasteiger partial charge on any atom is 0.416 e. The number of ether oxygens (including phenoxy) is 2. The Morgan fingerprint density at radius 1 is 0.553 bits per heavy atom. The molecule has 0 radical (unpaired) electrons. The molecule has 0 saturated carbocycles. The summed E-state index contributed by atoms with van der Waals surface area (Å²) >= 11 is 0. The maximum atomic E-state index is 13.0. The minimum absolute atomic E-state index is 0.322. The van der Waals surface area contributed by atoms with Gasteiger partial charge < -0.3 is 19.7 Å². The minimum Gasteiger partial charge on any atom is -0.478 e. The molecule has 0 aliphatic carbocycles. The van der Waals surface area contributed by atoms with Gasteiger partial charge in [0.05, 0.1) is 22.3 Å². The fourth-order valence-corrected chi connectivity index (χ4v) is 2.98. The third-order valence-electron chi connectivity index (χ3n) is 4.84. The second-order valence-corrected chi connectivity index (χ2v) is 7.38. The Kier molecular flexibility index (Phi) is 7.46. The number of carbonyl (C=O) groups excluding carboxylic acids is 2. The molecule has 0 amide bonds. The second-order valence-electron chi connectivity index (χ2n) is 7.38. The lowest BCUT2D eigenvalue weighted by molar-refractivity contribution is -0.138. The lowest BCUT2D eigenvalue weighted by Gasteiger charge is -2.12. The number of hydrogen-bond donors (Lipinski definition) is 2. The van der Waals surface area contributed by atoms with E-state index < -0.39 is 70.0 Å². The van der Waals surface area contributed by atoms with Crippen LogP contribution in [-0.4, -0.2) is 34.1 Å². The molecule has 3 rings (SSSR count). The van der Waals surface area contributed by atoms with Crippen molar-refractivity contribution in [2.45, 2.75) is 12.4 Å². The van der Waals surface area contributed by atoms with Gasteiger partial charge in [0.25, 0.3) is 0 Å². The summed E-state index contributed by atoms with van der Waals surface area (Å²) in [6.07, 6.45) is -9.72. The van der Waals surface area contributed by atoms with Crippen LogP contribution in [0.1, 0.15) is 52.6 Å². The van der Waals surface area contributed by atoms with Crippen LogP contribution in [0.25, 0.3) is 0 Å². The number of esters is 2. The van der Waals surface area contributed by atoms with Gasteiger partial charge in [-0.3, -0.25) is 0 Å². The van der Waals surface area contributed by atoms with Gasteiger partial charge in [0, 0.05) is 0 Å². The normalized spacial score (nSPS) is 11.5. The molecule has 0 unspecified atom stereocenters. The van der Waals surface area contributed by atoms with Crippen LogP contribution < -0.4 is 9.47 Å². The van der Waals surface area contributed by atoms with E-state index in [-0.39, 0.29) is 11.1 Å². The summed E-state index contributed by atoms with van der Waals surface area (Å²) in [6.45, 7) is 0. The molecule has 3 aromatic rings. The average molecular weight is 542 g/mol. The molecule has 0 aromatic heterocycles. The lowest BCUT2D eigenvalue weighted by atomic mass is 10.1. The Labute approximate surface area is 207 Å². The summed E-state index contributed by atoms with van der Waals surface area (Å²) in [5, 5.41) is 18.3. The number of benzene rings is 3. The van der Waals surface area contributed by atoms with Crippen molar-refractivity contribution in [2.24, 2.45) is 0 Å². The van der Waals surface area contributed by atoms with Crippen molar-refractivity contribution in [3.63, 3.8) is 0 Å². The number of halogens is 6. The number of carbonyl (C=O) groups is 4. The van der Waals surface area contributed by atoms with Crippen LogP contribution in [0.15, 0.2) is 60.7 Å². The molecule has 198 valence electrons. The molecule has 0 atom stereocenters. The SMILES string of the molecule is O=C(Oc1cc(C(F)(F)F)ccc1C(=O)O)c1ccc(C(=O)Oc2cc(C(F)(F)F)ccc2C(=O)O)cc1. The fraction of sp³-hybridized carbons (Fsp3) is 0.0833. The number of carboxylic acids is 2. The van der Waals surface area contributed by atoms with E-state index >= 15 is 0 Å². The summed E-state index contributed by atoms with van der Waals surface area (Å²) in [6, 6.07) is 6.59. The van der Waals surface area contributed by atoms with E-state index in [1.807, 2.05) is 0 Å². The van der Waals surface area contributed by atoms with Gasteiger partial charge in [0.15, 0.2) is 0 Å². The number of alkyl halides is 6. The first kappa shape index (κ1) is 27.7. The molecule has 3 aromatic carbocycles. The van der Waals surface area contributed by atoms with Crippen molar-refractivity contribution < 1.29 is 65.2 Å². The van der Waals surface area contributed by atoms with Gasteiger partial charge in [0.1, 0.15) is 22.6 Å². The highest BCUT2D eigenvalue weighted by molar-refractivity contribution is 5.98. The molecule has 0 heterocycles. The Morgan fingerprint density at radius 2 is 0.868 bits per heavy atom. The van der Waals surface area contributed by atoms with Gasteiger partial charge in [0.2, 0.25) is 0 Å². The van der Waals surface area contributed by atoms with Crippen molar-refractivity contribution >= 4 is 23.9 Å². The molecule has 0 fully saturated rings. The molecule has 0 aliphatic heterocycles. The van der Waals surface area contributed by atoms with E-state index in [0.717, 1.165) is 24.3 Å². The predicted octanol–water partition coefficient (Wildman–Crippen LogP) is 5.56. The molecule has 0 saturated heterocycles. The van der Waals surface area contributed by atoms with Crippen LogP contribution in [0, 0.1) is 0 Å². The molecule has 14 heteroatoms. The quantitative estimate of drug-likeness (QED) is 0.236. The van der Waals surface area contributed by atoms with E-state index in [2.05, 4.69) is 0 Å². The topological polar surface area (TPSA) is 127 Å². The van der Waals surface area contributed by atoms with Gasteiger partial charge in [-0.1, -0.05) is 0 Å². The van der Waals surface area contributed by atoms with Gasteiger partial charge in [-0.25, -0.2) is 19.2 Å². The summed E-state index contributed by atoms with van der Waals surface area (Å²) in [5.41, 5.74) is -4.72. The van der Waals surface area contributed by atoms with E-state index in [4.69, 9.17) is 19.7 Å². The van der Waals surface area contributed by atoms with Crippen LogP contribution in [0.3, 0.4) is 0 Å². The standard InChI is InChI=1S/C24H12F6O8/c25-23(26,27)13-5-7-15(19(31)32)17(9-13)37-21(35)11-1-2-12(4-3-11)22(36)38-18-10-14(24(28,29)30)6-8-16(18)20(33)34/h1-10H,(H,31,32)(H,33,34). The zero-order valence-electron chi connectivity index (χ0n) is 18.4. The van der Waals surface area contributed by atoms with Gasteiger partial charge in [-0.2, -0.15) is 26.3 Å². The van der Waals surface area contributed by atoms with Crippen molar-refractivity contribution in [1.82, 2.24) is 0 Å². The van der Waals surface area contributed by atoms with E-state index in [1.165, 1.54) is 0 Å². The van der Waals surface area contributed by atoms with Crippen LogP contribution in [0.5, 0.6) is 11.5 Å². The van der Waals surface area contributed by atoms with Crippen LogP contribution in [0.2, 0.25) is 0 Å². The third-order valence-corrected chi connectivity index (χ3v) is 4.84. The van der Waals surface area contributed by atoms with E-state index in [1.54, 1.807) is 0 Å². The minimum atomic E-state index is -4.86. The van der Waals surface area contributed by atoms with Crippen LogP contribution in [-0.2, 0) is 12.4 Å². The Bertz CT molecular complexity index is 1320. The number of hydrogen-bond acceptors (Lipinski definition) is 6. The molecular weight excluding hydrogens is 530 g/mol. The maximum absolute atomic E-state index is 13.0. The molecule has 2 N–H and O–H groups in total. The summed E-state index contributed by atoms with van der Waals surface area (Å²) in [5.74, 6) is -7.72. The largest absolute Gasteiger partial charge is 0.478 e. The first-order valence-corrected chi connectivity index (χ1v) is 10.0. The first-order chi connectivity index (χ1) is 17.6. The van der Waals surface area contributed by atoms with Crippen molar-refractivity contribution in [2.75, 3.05) is 0 Å². The average Bonchev–Trinajstić information content (AvgIpc) is 2.82. The molecular formula is C24H12F6O8. The third kappa shape index (κ3) is 6.27. The highest BCUT2D eigenvalue weighted by Crippen LogP contribution is 2.35. The second kappa shape index (κ2) is 10.2. The molecule has 38 heavy (non-hydrogen) atoms. The summed E-state index contributed by atoms with van der Waals surface area (Å²) in [7, 11) is 0. The predicted molar refractivity (Wildman–Crippen MR) is 113 cm³/mol. The zero-order chi connectivity index (χ0) is 28.4.